The highest BCUT2D eigenvalue weighted by atomic mass is 35.5. The summed E-state index contributed by atoms with van der Waals surface area (Å²) in [6.07, 6.45) is 5.20. The monoisotopic (exact) mass is 371 g/mol. The minimum atomic E-state index is -0.394. The number of hydrogen-bond acceptors (Lipinski definition) is 4. The number of nitrogens with two attached hydrogens (primary N) is 1. The van der Waals surface area contributed by atoms with Gasteiger partial charge in [0.1, 0.15) is 10.8 Å². The predicted molar refractivity (Wildman–Crippen MR) is 101 cm³/mol. The van der Waals surface area contributed by atoms with E-state index < -0.39 is 5.91 Å². The largest absolute Gasteiger partial charge is 0.438 e. The molecule has 1 unspecified atom stereocenters. The average molecular weight is 372 g/mol. The van der Waals surface area contributed by atoms with E-state index in [0.717, 1.165) is 31.6 Å². The molecule has 0 saturated carbocycles. The number of carbonyl (C=O) groups is 1. The van der Waals surface area contributed by atoms with Crippen LogP contribution in [0.5, 0.6) is 11.6 Å². The molecule has 3 aliphatic heterocycles. The summed E-state index contributed by atoms with van der Waals surface area (Å²) in [6, 6.07) is 8.93. The predicted octanol–water partition coefficient (Wildman–Crippen LogP) is 3.83. The maximum Gasteiger partial charge on any atom is 0.248 e. The highest BCUT2D eigenvalue weighted by Crippen LogP contribution is 2.38. The molecule has 26 heavy (non-hydrogen) atoms. The smallest absolute Gasteiger partial charge is 0.248 e. The van der Waals surface area contributed by atoms with Crippen LogP contribution in [0.2, 0.25) is 5.02 Å². The van der Waals surface area contributed by atoms with Crippen molar-refractivity contribution < 1.29 is 9.53 Å². The first-order valence-electron chi connectivity index (χ1n) is 9.04. The Morgan fingerprint density at radius 1 is 1.27 bits per heavy atom. The summed E-state index contributed by atoms with van der Waals surface area (Å²) in [6.45, 7) is 3.25. The number of ether oxygens (including phenoxy) is 1. The summed E-state index contributed by atoms with van der Waals surface area (Å²) in [5, 5.41) is 0.451. The van der Waals surface area contributed by atoms with E-state index in [-0.39, 0.29) is 5.92 Å². The van der Waals surface area contributed by atoms with Crippen molar-refractivity contribution in [3.8, 4) is 11.6 Å². The Labute approximate surface area is 158 Å². The Hall–Kier alpha value is -2.11. The number of amides is 1. The number of benzene rings is 1. The zero-order valence-corrected chi connectivity index (χ0v) is 15.3. The van der Waals surface area contributed by atoms with Gasteiger partial charge in [0.05, 0.1) is 0 Å². The summed E-state index contributed by atoms with van der Waals surface area (Å²) in [5.74, 6) is 1.59. The van der Waals surface area contributed by atoms with E-state index in [4.69, 9.17) is 22.1 Å². The summed E-state index contributed by atoms with van der Waals surface area (Å²) >= 11 is 6.14. The van der Waals surface area contributed by atoms with Crippen LogP contribution >= 0.6 is 11.6 Å². The Kier molecular flexibility index (Phi) is 4.83. The molecule has 1 amide bonds. The Balaban J connectivity index is 1.67. The van der Waals surface area contributed by atoms with E-state index in [1.54, 1.807) is 30.5 Å². The summed E-state index contributed by atoms with van der Waals surface area (Å²) < 4.78 is 5.87. The van der Waals surface area contributed by atoms with Gasteiger partial charge in [-0.15, -0.1) is 0 Å². The van der Waals surface area contributed by atoms with Crippen LogP contribution in [0.3, 0.4) is 0 Å². The van der Waals surface area contributed by atoms with Gasteiger partial charge < -0.3 is 15.4 Å². The van der Waals surface area contributed by atoms with Gasteiger partial charge in [-0.05, 0) is 80.1 Å². The van der Waals surface area contributed by atoms with Gasteiger partial charge >= 0.3 is 0 Å². The minimum Gasteiger partial charge on any atom is -0.438 e. The van der Waals surface area contributed by atoms with Crippen molar-refractivity contribution in [3.05, 3.63) is 52.7 Å². The van der Waals surface area contributed by atoms with Crippen LogP contribution in [0, 0.1) is 5.92 Å². The molecule has 6 heteroatoms. The van der Waals surface area contributed by atoms with Crippen molar-refractivity contribution in [2.45, 2.75) is 25.2 Å². The third kappa shape index (κ3) is 3.55. The summed E-state index contributed by atoms with van der Waals surface area (Å²) in [7, 11) is 0. The molecule has 3 saturated heterocycles. The van der Waals surface area contributed by atoms with E-state index in [0.29, 0.717) is 28.1 Å². The Morgan fingerprint density at radius 3 is 2.81 bits per heavy atom. The Morgan fingerprint density at radius 2 is 2.08 bits per heavy atom. The molecule has 0 aliphatic carbocycles. The number of piperidine rings is 1. The van der Waals surface area contributed by atoms with Crippen LogP contribution in [0.4, 0.5) is 0 Å². The fraction of sp³-hybridized carbons (Fsp3) is 0.400. The van der Waals surface area contributed by atoms with Crippen molar-refractivity contribution in [2.75, 3.05) is 19.6 Å². The van der Waals surface area contributed by atoms with Crippen LogP contribution in [-0.4, -0.2) is 35.4 Å². The second-order valence-corrected chi connectivity index (χ2v) is 7.59. The quantitative estimate of drug-likeness (QED) is 0.886. The third-order valence-corrected chi connectivity index (χ3v) is 5.76. The molecule has 3 fully saturated rings. The van der Waals surface area contributed by atoms with Gasteiger partial charge in [0.25, 0.3) is 0 Å². The van der Waals surface area contributed by atoms with E-state index in [1.807, 2.05) is 6.07 Å². The van der Waals surface area contributed by atoms with E-state index in [1.165, 1.54) is 12.8 Å². The number of fused-ring (bicyclic) bond motifs is 4. The van der Waals surface area contributed by atoms with Crippen LogP contribution in [0.25, 0.3) is 0 Å². The Bertz CT molecular complexity index is 804. The lowest BCUT2D eigenvalue weighted by Crippen LogP contribution is -2.31. The lowest BCUT2D eigenvalue weighted by atomic mass is 9.85. The number of carbonyl (C=O) groups excluding carboxylic acids is 1. The van der Waals surface area contributed by atoms with Gasteiger partial charge in [-0.1, -0.05) is 11.6 Å². The molecule has 1 aromatic carbocycles. The van der Waals surface area contributed by atoms with Crippen molar-refractivity contribution in [3.63, 3.8) is 0 Å². The number of pyridine rings is 1. The van der Waals surface area contributed by atoms with Crippen molar-refractivity contribution in [1.82, 2.24) is 9.88 Å². The molecule has 0 radical (unpaired) electrons. The minimum absolute atomic E-state index is 0.287. The van der Waals surface area contributed by atoms with Gasteiger partial charge in [-0.2, -0.15) is 0 Å². The molecule has 5 rings (SSSR count). The maximum atomic E-state index is 12.0. The molecule has 1 aromatic heterocycles. The van der Waals surface area contributed by atoms with Crippen LogP contribution < -0.4 is 10.5 Å². The summed E-state index contributed by atoms with van der Waals surface area (Å²) in [5.41, 5.74) is 7.20. The molecule has 0 spiro atoms. The molecule has 2 bridgehead atoms. The molecule has 3 aliphatic rings. The number of nitrogens with zero attached hydrogens (tertiary/aromatic N) is 2. The second kappa shape index (κ2) is 7.25. The van der Waals surface area contributed by atoms with Crippen molar-refractivity contribution >= 4 is 17.5 Å². The standard InChI is InChI=1S/C20H22ClN3O2/c21-18-2-1-7-23-20(18)26-15-3-4-16(19(22)25)17(11-15)14-10-13-5-8-24(12-14)9-6-13/h1-4,7,11,13-14H,5-6,8-10,12H2,(H2,22,25). The number of halogens is 1. The number of rotatable bonds is 4. The normalized spacial score (nSPS) is 24.9. The van der Waals surface area contributed by atoms with Crippen molar-refractivity contribution in [2.24, 2.45) is 11.7 Å². The third-order valence-electron chi connectivity index (χ3n) is 5.47. The topological polar surface area (TPSA) is 68.5 Å². The molecular formula is C20H22ClN3O2. The molecule has 136 valence electrons. The summed E-state index contributed by atoms with van der Waals surface area (Å²) in [4.78, 5) is 18.6. The number of hydrogen-bond donors (Lipinski definition) is 1. The zero-order valence-electron chi connectivity index (χ0n) is 14.5. The van der Waals surface area contributed by atoms with Crippen molar-refractivity contribution in [1.29, 1.82) is 0 Å². The molecule has 4 heterocycles. The second-order valence-electron chi connectivity index (χ2n) is 7.18. The van der Waals surface area contributed by atoms with Crippen LogP contribution in [0.15, 0.2) is 36.5 Å². The van der Waals surface area contributed by atoms with Crippen LogP contribution in [-0.2, 0) is 0 Å². The van der Waals surface area contributed by atoms with Gasteiger partial charge in [0.15, 0.2) is 0 Å². The van der Waals surface area contributed by atoms with Crippen LogP contribution in [0.1, 0.15) is 41.1 Å². The zero-order chi connectivity index (χ0) is 18.1. The lowest BCUT2D eigenvalue weighted by Gasteiger charge is -2.26. The lowest BCUT2D eigenvalue weighted by molar-refractivity contribution is 0.0998. The first kappa shape index (κ1) is 17.3. The van der Waals surface area contributed by atoms with E-state index in [2.05, 4.69) is 9.88 Å². The van der Waals surface area contributed by atoms with E-state index in [9.17, 15) is 4.79 Å². The van der Waals surface area contributed by atoms with Gasteiger partial charge in [0, 0.05) is 18.3 Å². The fourth-order valence-electron chi connectivity index (χ4n) is 4.14. The number of aromatic nitrogens is 1. The molecular weight excluding hydrogens is 350 g/mol. The first-order chi connectivity index (χ1) is 12.6. The number of primary amides is 1. The fourth-order valence-corrected chi connectivity index (χ4v) is 4.30. The SMILES string of the molecule is NC(=O)c1ccc(Oc2ncccc2Cl)cc1C1CC2CCN(CC2)C1. The maximum absolute atomic E-state index is 12.0. The molecule has 1 atom stereocenters. The highest BCUT2D eigenvalue weighted by Gasteiger charge is 2.31. The average Bonchev–Trinajstić information content (AvgIpc) is 2.97. The molecule has 2 N–H and O–H groups in total. The molecule has 5 nitrogen and oxygen atoms in total. The highest BCUT2D eigenvalue weighted by molar-refractivity contribution is 6.31. The first-order valence-corrected chi connectivity index (χ1v) is 9.42. The van der Waals surface area contributed by atoms with Gasteiger partial charge in [0.2, 0.25) is 11.8 Å². The van der Waals surface area contributed by atoms with E-state index >= 15 is 0 Å². The van der Waals surface area contributed by atoms with Gasteiger partial charge in [-0.25, -0.2) is 4.98 Å². The van der Waals surface area contributed by atoms with Gasteiger partial charge in [-0.3, -0.25) is 4.79 Å². The molecule has 2 aromatic rings.